The largest absolute Gasteiger partial charge is 0.493 e. The van der Waals surface area contributed by atoms with Crippen LogP contribution in [0.25, 0.3) is 0 Å². The molecule has 1 heterocycles. The van der Waals surface area contributed by atoms with Crippen LogP contribution in [0.2, 0.25) is 0 Å². The molecule has 0 fully saturated rings. The molecule has 8 nitrogen and oxygen atoms in total. The van der Waals surface area contributed by atoms with Crippen LogP contribution in [0.4, 0.5) is 5.69 Å². The molecular formula is C23H28N4O4. The third-order valence-electron chi connectivity index (χ3n) is 4.67. The highest BCUT2D eigenvalue weighted by Gasteiger charge is 2.20. The summed E-state index contributed by atoms with van der Waals surface area (Å²) < 4.78 is 11.2. The van der Waals surface area contributed by atoms with Gasteiger partial charge in [0.05, 0.1) is 25.6 Å². The molecule has 0 radical (unpaired) electrons. The van der Waals surface area contributed by atoms with Gasteiger partial charge in [-0.3, -0.25) is 4.79 Å². The topological polar surface area (TPSA) is 98.7 Å². The fraction of sp³-hybridized carbons (Fsp3) is 0.348. The third-order valence-corrected chi connectivity index (χ3v) is 4.67. The van der Waals surface area contributed by atoms with Crippen molar-refractivity contribution in [2.75, 3.05) is 32.6 Å². The van der Waals surface area contributed by atoms with Crippen LogP contribution in [0.5, 0.6) is 11.5 Å². The van der Waals surface area contributed by atoms with Crippen molar-refractivity contribution in [3.05, 3.63) is 53.6 Å². The molecule has 0 saturated carbocycles. The summed E-state index contributed by atoms with van der Waals surface area (Å²) in [5, 5.41) is 9.82. The summed E-state index contributed by atoms with van der Waals surface area (Å²) in [6.45, 7) is 3.01. The van der Waals surface area contributed by atoms with Crippen molar-refractivity contribution in [1.29, 1.82) is 0 Å². The molecule has 2 N–H and O–H groups in total. The van der Waals surface area contributed by atoms with Crippen molar-refractivity contribution in [3.63, 3.8) is 0 Å². The molecule has 8 heteroatoms. The number of nitrogens with zero attached hydrogens (tertiary/aromatic N) is 3. The minimum Gasteiger partial charge on any atom is -0.493 e. The Morgan fingerprint density at radius 3 is 2.77 bits per heavy atom. The zero-order valence-corrected chi connectivity index (χ0v) is 17.9. The second-order valence-electron chi connectivity index (χ2n) is 7.06. The quantitative estimate of drug-likeness (QED) is 0.378. The monoisotopic (exact) mass is 424 g/mol. The summed E-state index contributed by atoms with van der Waals surface area (Å²) in [7, 11) is 1.61. The van der Waals surface area contributed by atoms with E-state index in [0.717, 1.165) is 36.1 Å². The molecule has 3 rings (SSSR count). The molecule has 0 bridgehead atoms. The lowest BCUT2D eigenvalue weighted by atomic mass is 10.0. The smallest absolute Gasteiger partial charge is 0.283 e. The van der Waals surface area contributed by atoms with Gasteiger partial charge in [-0.05, 0) is 55.2 Å². The lowest BCUT2D eigenvalue weighted by molar-refractivity contribution is -0.136. The normalized spacial score (nSPS) is 13.7. The number of amides is 1. The molecule has 1 amide bonds. The number of carbonyl (C=O) groups is 1. The maximum atomic E-state index is 12.5. The Hall–Kier alpha value is -3.55. The second-order valence-corrected chi connectivity index (χ2v) is 7.06. The summed E-state index contributed by atoms with van der Waals surface area (Å²) in [4.78, 5) is 17.7. The van der Waals surface area contributed by atoms with Crippen LogP contribution < -0.4 is 15.2 Å². The first kappa shape index (κ1) is 22.1. The number of hydrogen-bond acceptors (Lipinski definition) is 7. The van der Waals surface area contributed by atoms with Gasteiger partial charge in [0.25, 0.3) is 5.91 Å². The number of rotatable bonds is 9. The average molecular weight is 425 g/mol. The highest BCUT2D eigenvalue weighted by Crippen LogP contribution is 2.29. The number of methoxy groups -OCH3 is 1. The molecular weight excluding hydrogens is 396 g/mol. The van der Waals surface area contributed by atoms with Crippen LogP contribution in [0.15, 0.2) is 52.7 Å². The zero-order valence-electron chi connectivity index (χ0n) is 17.9. The van der Waals surface area contributed by atoms with Crippen LogP contribution in [0, 0.1) is 0 Å². The fourth-order valence-electron chi connectivity index (χ4n) is 3.05. The number of hydrazone groups is 1. The summed E-state index contributed by atoms with van der Waals surface area (Å²) in [5.41, 5.74) is 8.89. The summed E-state index contributed by atoms with van der Waals surface area (Å²) in [5.74, 6) is 1.10. The van der Waals surface area contributed by atoms with Crippen molar-refractivity contribution < 1.29 is 19.1 Å². The molecule has 1 aliphatic rings. The predicted octanol–water partition coefficient (Wildman–Crippen LogP) is 3.44. The van der Waals surface area contributed by atoms with Gasteiger partial charge in [0, 0.05) is 17.8 Å². The molecule has 0 unspecified atom stereocenters. The Bertz CT molecular complexity index is 941. The Labute approximate surface area is 182 Å². The average Bonchev–Trinajstić information content (AvgIpc) is 2.81. The van der Waals surface area contributed by atoms with Crippen LogP contribution in [-0.2, 0) is 9.63 Å². The Morgan fingerprint density at radius 2 is 2.03 bits per heavy atom. The third kappa shape index (κ3) is 6.21. The molecule has 31 heavy (non-hydrogen) atoms. The number of benzene rings is 2. The van der Waals surface area contributed by atoms with Crippen molar-refractivity contribution in [3.8, 4) is 11.5 Å². The molecule has 2 aromatic rings. The molecule has 2 aromatic carbocycles. The summed E-state index contributed by atoms with van der Waals surface area (Å²) in [6.07, 6.45) is 4.03. The van der Waals surface area contributed by atoms with Gasteiger partial charge in [-0.25, -0.2) is 5.01 Å². The minimum absolute atomic E-state index is 0.185. The SMILES string of the molecule is CCCOc1cc(C2=NN(C(=O)CO/N=C/c3ccc(N)cc3)CCC2)ccc1OC. The number of ether oxygens (including phenoxy) is 2. The Morgan fingerprint density at radius 1 is 1.23 bits per heavy atom. The van der Waals surface area contributed by atoms with Crippen LogP contribution in [0.1, 0.15) is 37.3 Å². The molecule has 164 valence electrons. The van der Waals surface area contributed by atoms with Crippen LogP contribution in [0.3, 0.4) is 0 Å². The number of carbonyl (C=O) groups excluding carboxylic acids is 1. The van der Waals surface area contributed by atoms with Gasteiger partial charge in [-0.15, -0.1) is 0 Å². The van der Waals surface area contributed by atoms with Gasteiger partial charge in [-0.2, -0.15) is 5.10 Å². The van der Waals surface area contributed by atoms with E-state index in [-0.39, 0.29) is 12.5 Å². The second kappa shape index (κ2) is 11.0. The van der Waals surface area contributed by atoms with Crippen molar-refractivity contribution >= 4 is 23.5 Å². The highest BCUT2D eigenvalue weighted by atomic mass is 16.6. The van der Waals surface area contributed by atoms with E-state index in [1.807, 2.05) is 37.3 Å². The van der Waals surface area contributed by atoms with Crippen molar-refractivity contribution in [2.24, 2.45) is 10.3 Å². The van der Waals surface area contributed by atoms with E-state index in [9.17, 15) is 4.79 Å². The van der Waals surface area contributed by atoms with Crippen LogP contribution >= 0.6 is 0 Å². The molecule has 0 saturated heterocycles. The first-order valence-electron chi connectivity index (χ1n) is 10.3. The number of hydrogen-bond donors (Lipinski definition) is 1. The van der Waals surface area contributed by atoms with Gasteiger partial charge in [-0.1, -0.05) is 24.2 Å². The van der Waals surface area contributed by atoms with Gasteiger partial charge < -0.3 is 20.0 Å². The molecule has 0 spiro atoms. The van der Waals surface area contributed by atoms with E-state index in [2.05, 4.69) is 10.3 Å². The van der Waals surface area contributed by atoms with E-state index in [4.69, 9.17) is 20.0 Å². The Kier molecular flexibility index (Phi) is 7.86. The molecule has 0 aliphatic carbocycles. The van der Waals surface area contributed by atoms with Crippen molar-refractivity contribution in [1.82, 2.24) is 5.01 Å². The Balaban J connectivity index is 1.62. The number of anilines is 1. The van der Waals surface area contributed by atoms with E-state index in [1.165, 1.54) is 11.2 Å². The van der Waals surface area contributed by atoms with Gasteiger partial charge >= 0.3 is 0 Å². The minimum atomic E-state index is -0.248. The van der Waals surface area contributed by atoms with Gasteiger partial charge in [0.15, 0.2) is 18.1 Å². The standard InChI is InChI=1S/C23H28N4O4/c1-3-13-30-22-14-18(8-11-21(22)29-2)20-5-4-12-27(26-20)23(28)16-31-25-15-17-6-9-19(24)10-7-17/h6-11,14-15H,3-5,12-13,16,24H2,1-2H3/b25-15+. The van der Waals surface area contributed by atoms with Gasteiger partial charge in [0.2, 0.25) is 0 Å². The maximum Gasteiger partial charge on any atom is 0.283 e. The molecule has 0 aromatic heterocycles. The first-order chi connectivity index (χ1) is 15.1. The maximum absolute atomic E-state index is 12.5. The number of oxime groups is 1. The molecule has 1 aliphatic heterocycles. The molecule has 0 atom stereocenters. The zero-order chi connectivity index (χ0) is 22.1. The van der Waals surface area contributed by atoms with Crippen molar-refractivity contribution in [2.45, 2.75) is 26.2 Å². The van der Waals surface area contributed by atoms with Crippen LogP contribution in [-0.4, -0.2) is 49.7 Å². The fourth-order valence-corrected chi connectivity index (χ4v) is 3.05. The highest BCUT2D eigenvalue weighted by molar-refractivity contribution is 6.02. The predicted molar refractivity (Wildman–Crippen MR) is 121 cm³/mol. The van der Waals surface area contributed by atoms with E-state index in [0.29, 0.717) is 30.3 Å². The lowest BCUT2D eigenvalue weighted by Crippen LogP contribution is -2.34. The lowest BCUT2D eigenvalue weighted by Gasteiger charge is -2.23. The summed E-state index contributed by atoms with van der Waals surface area (Å²) in [6, 6.07) is 12.9. The first-order valence-corrected chi connectivity index (χ1v) is 10.3. The van der Waals surface area contributed by atoms with E-state index in [1.54, 1.807) is 19.2 Å². The number of nitrogen functional groups attached to an aromatic ring is 1. The van der Waals surface area contributed by atoms with E-state index < -0.39 is 0 Å². The van der Waals surface area contributed by atoms with E-state index >= 15 is 0 Å². The number of nitrogens with two attached hydrogens (primary N) is 1. The summed E-state index contributed by atoms with van der Waals surface area (Å²) >= 11 is 0. The van der Waals surface area contributed by atoms with Gasteiger partial charge in [0.1, 0.15) is 0 Å².